The predicted molar refractivity (Wildman–Crippen MR) is 217 cm³/mol. The molecule has 0 aromatic carbocycles. The molecule has 1 aromatic heterocycles. The molecule has 17 heteroatoms. The number of carboxylic acids is 1. The zero-order valence-electron chi connectivity index (χ0n) is 35.2. The van der Waals surface area contributed by atoms with Crippen LogP contribution in [0.5, 0.6) is 0 Å². The lowest BCUT2D eigenvalue weighted by Gasteiger charge is -2.36. The van der Waals surface area contributed by atoms with Gasteiger partial charge in [0.25, 0.3) is 0 Å². The van der Waals surface area contributed by atoms with Gasteiger partial charge in [-0.05, 0) is 80.8 Å². The van der Waals surface area contributed by atoms with Gasteiger partial charge < -0.3 is 41.7 Å². The maximum atomic E-state index is 14.4. The van der Waals surface area contributed by atoms with E-state index in [9.17, 15) is 43.5 Å². The number of primary amides is 1. The summed E-state index contributed by atoms with van der Waals surface area (Å²) >= 11 is 0. The fourth-order valence-corrected chi connectivity index (χ4v) is 7.56. The van der Waals surface area contributed by atoms with E-state index < -0.39 is 83.0 Å². The van der Waals surface area contributed by atoms with Crippen LogP contribution >= 0.6 is 0 Å². The van der Waals surface area contributed by atoms with Crippen molar-refractivity contribution in [3.63, 3.8) is 0 Å². The monoisotopic (exact) mass is 825 g/mol. The highest BCUT2D eigenvalue weighted by Gasteiger charge is 2.43. The molecule has 3 rings (SSSR count). The Balaban J connectivity index is 1.81. The second kappa shape index (κ2) is 22.7. The van der Waals surface area contributed by atoms with Gasteiger partial charge >= 0.3 is 11.9 Å². The number of likely N-dealkylation sites (tertiary alicyclic amines) is 1. The highest BCUT2D eigenvalue weighted by Crippen LogP contribution is 2.28. The first-order valence-corrected chi connectivity index (χ1v) is 20.6. The number of pyridine rings is 1. The number of esters is 1. The quantitative estimate of drug-likeness (QED) is 0.0822. The number of nitrogens with two attached hydrogens (primary N) is 1. The Labute approximate surface area is 346 Å². The molecule has 7 N–H and O–H groups in total. The normalized spacial score (nSPS) is 18.0. The van der Waals surface area contributed by atoms with E-state index in [0.29, 0.717) is 12.8 Å². The van der Waals surface area contributed by atoms with Gasteiger partial charge in [0.15, 0.2) is 0 Å². The second-order valence-electron chi connectivity index (χ2n) is 16.8. The number of carbonyl (C=O) groups is 8. The van der Waals surface area contributed by atoms with E-state index in [4.69, 9.17) is 10.5 Å². The third-order valence-corrected chi connectivity index (χ3v) is 10.6. The van der Waals surface area contributed by atoms with Crippen molar-refractivity contribution in [2.45, 2.75) is 142 Å². The summed E-state index contributed by atoms with van der Waals surface area (Å²) in [5.41, 5.74) is 4.85. The predicted octanol–water partition coefficient (Wildman–Crippen LogP) is 2.31. The largest absolute Gasteiger partial charge is 0.478 e. The Morgan fingerprint density at radius 3 is 2.24 bits per heavy atom. The first-order valence-electron chi connectivity index (χ1n) is 20.6. The van der Waals surface area contributed by atoms with Gasteiger partial charge in [0.1, 0.15) is 30.2 Å². The molecule has 59 heavy (non-hydrogen) atoms. The van der Waals surface area contributed by atoms with Crippen LogP contribution in [0.4, 0.5) is 0 Å². The molecule has 2 fully saturated rings. The van der Waals surface area contributed by atoms with Crippen molar-refractivity contribution in [3.05, 3.63) is 41.7 Å². The molecule has 0 unspecified atom stereocenters. The van der Waals surface area contributed by atoms with Crippen LogP contribution in [0.15, 0.2) is 30.6 Å². The van der Waals surface area contributed by atoms with E-state index >= 15 is 0 Å². The average molecular weight is 826 g/mol. The van der Waals surface area contributed by atoms with Crippen molar-refractivity contribution >= 4 is 47.4 Å². The van der Waals surface area contributed by atoms with Crippen LogP contribution in [0.25, 0.3) is 0 Å². The van der Waals surface area contributed by atoms with Crippen molar-refractivity contribution < 1.29 is 48.2 Å². The van der Waals surface area contributed by atoms with Crippen molar-refractivity contribution in [2.24, 2.45) is 23.0 Å². The Morgan fingerprint density at radius 1 is 0.949 bits per heavy atom. The first kappa shape index (κ1) is 48.0. The molecule has 17 nitrogen and oxygen atoms in total. The van der Waals surface area contributed by atoms with Gasteiger partial charge in [-0.3, -0.25) is 33.8 Å². The van der Waals surface area contributed by atoms with Gasteiger partial charge in [0.2, 0.25) is 35.4 Å². The summed E-state index contributed by atoms with van der Waals surface area (Å²) in [7, 11) is 0. The number of hydrogen-bond donors (Lipinski definition) is 6. The van der Waals surface area contributed by atoms with Crippen molar-refractivity contribution in [2.75, 3.05) is 13.2 Å². The molecule has 2 aliphatic rings. The number of nitrogens with one attached hydrogen (secondary N) is 4. The van der Waals surface area contributed by atoms with Gasteiger partial charge in [0, 0.05) is 25.0 Å². The van der Waals surface area contributed by atoms with Crippen LogP contribution in [-0.4, -0.2) is 106 Å². The van der Waals surface area contributed by atoms with Gasteiger partial charge in [-0.1, -0.05) is 60.0 Å². The molecular formula is C42H63N7O10. The topological polar surface area (TPSA) is 256 Å². The number of ether oxygens (including phenoxy) is 1. The van der Waals surface area contributed by atoms with E-state index in [1.807, 2.05) is 13.8 Å². The summed E-state index contributed by atoms with van der Waals surface area (Å²) in [6.45, 7) is 11.1. The summed E-state index contributed by atoms with van der Waals surface area (Å²) in [6, 6.07) is -3.81. The number of carboxylic acid groups (broad SMARTS) is 1. The number of amides is 6. The number of rotatable bonds is 20. The maximum absolute atomic E-state index is 14.4. The number of nitrogens with zero attached hydrogens (tertiary/aromatic N) is 2. The van der Waals surface area contributed by atoms with E-state index in [0.717, 1.165) is 38.3 Å². The van der Waals surface area contributed by atoms with E-state index in [2.05, 4.69) is 26.3 Å². The summed E-state index contributed by atoms with van der Waals surface area (Å²) in [4.78, 5) is 111. The molecule has 1 aromatic rings. The van der Waals surface area contributed by atoms with E-state index in [1.165, 1.54) is 29.3 Å². The third-order valence-electron chi connectivity index (χ3n) is 10.6. The van der Waals surface area contributed by atoms with Gasteiger partial charge in [-0.15, -0.1) is 0 Å². The highest BCUT2D eigenvalue weighted by atomic mass is 16.5. The lowest BCUT2D eigenvalue weighted by atomic mass is 9.83. The highest BCUT2D eigenvalue weighted by molar-refractivity contribution is 5.97. The molecule has 2 heterocycles. The van der Waals surface area contributed by atoms with Crippen LogP contribution in [-0.2, 0) is 44.7 Å². The molecule has 5 atom stereocenters. The van der Waals surface area contributed by atoms with Crippen molar-refractivity contribution in [1.82, 2.24) is 31.2 Å². The van der Waals surface area contributed by atoms with E-state index in [-0.39, 0.29) is 61.8 Å². The summed E-state index contributed by atoms with van der Waals surface area (Å²) in [5.74, 6) is -5.54. The zero-order valence-corrected chi connectivity index (χ0v) is 35.2. The fourth-order valence-electron chi connectivity index (χ4n) is 7.56. The van der Waals surface area contributed by atoms with Crippen LogP contribution < -0.4 is 27.0 Å². The smallest absolute Gasteiger partial charge is 0.337 e. The van der Waals surface area contributed by atoms with Crippen LogP contribution in [0.2, 0.25) is 0 Å². The first-order chi connectivity index (χ1) is 27.8. The second-order valence-corrected chi connectivity index (χ2v) is 16.8. The van der Waals surface area contributed by atoms with Crippen LogP contribution in [0.1, 0.15) is 122 Å². The lowest BCUT2D eigenvalue weighted by Crippen LogP contribution is -2.61. The Bertz CT molecular complexity index is 1700. The fraction of sp³-hybridized carbons (Fsp3) is 0.643. The number of allylic oxidation sites excluding steroid dienone is 1. The summed E-state index contributed by atoms with van der Waals surface area (Å²) in [6.07, 6.45) is 10.5. The van der Waals surface area contributed by atoms with Crippen molar-refractivity contribution in [1.29, 1.82) is 0 Å². The molecule has 1 saturated carbocycles. The Kier molecular flexibility index (Phi) is 18.5. The SMILES string of the molecule is CCOC(=O)/C=C/CC[C@H](NC(=O)Cc1ccncc1C(=O)O)C(=O)N[C@H](C(=O)N1CCC[C@H]1C(=O)N[C@@H](CC(C)C)C(=O)N[C@H](C(N)=O)C1CCCCC1)C(C)(C)C. The minimum atomic E-state index is -1.27. The van der Waals surface area contributed by atoms with Gasteiger partial charge in [-0.2, -0.15) is 0 Å². The molecule has 326 valence electrons. The summed E-state index contributed by atoms with van der Waals surface area (Å²) < 4.78 is 4.91. The third kappa shape index (κ3) is 14.8. The Morgan fingerprint density at radius 2 is 1.63 bits per heavy atom. The molecule has 0 bridgehead atoms. The van der Waals surface area contributed by atoms with Crippen LogP contribution in [0.3, 0.4) is 0 Å². The Hall–Kier alpha value is -5.35. The summed E-state index contributed by atoms with van der Waals surface area (Å²) in [5, 5.41) is 20.7. The van der Waals surface area contributed by atoms with Crippen LogP contribution in [0, 0.1) is 17.3 Å². The minimum Gasteiger partial charge on any atom is -0.478 e. The minimum absolute atomic E-state index is 0.00602. The molecule has 0 spiro atoms. The molecule has 1 aliphatic heterocycles. The molecule has 0 radical (unpaired) electrons. The molecule has 6 amide bonds. The van der Waals surface area contributed by atoms with Crippen molar-refractivity contribution in [3.8, 4) is 0 Å². The number of aromatic carboxylic acids is 1. The lowest BCUT2D eigenvalue weighted by molar-refractivity contribution is -0.145. The molecule has 1 aliphatic carbocycles. The van der Waals surface area contributed by atoms with E-state index in [1.54, 1.807) is 27.7 Å². The maximum Gasteiger partial charge on any atom is 0.337 e. The standard InChI is InChI=1S/C42H63N7O10/c1-7-59-33(51)18-12-11-16-29(45-32(50)23-27-19-20-44-24-28(27)41(57)58)37(53)48-35(42(4,5)6)40(56)49-21-13-17-31(49)39(55)46-30(22-25(2)3)38(54)47-34(36(43)52)26-14-9-8-10-15-26/h12,18-20,24-26,29-31,34-35H,7-11,13-17,21-23H2,1-6H3,(H2,43,52)(H,45,50)(H,46,55)(H,47,54)(H,48,53)(H,57,58)/b18-12+/t29-,30-,31-,34-,35+/m0/s1. The van der Waals surface area contributed by atoms with Gasteiger partial charge in [-0.25, -0.2) is 9.59 Å². The number of aromatic nitrogens is 1. The molecular weight excluding hydrogens is 763 g/mol. The number of carbonyl (C=O) groups excluding carboxylic acids is 7. The average Bonchev–Trinajstić information content (AvgIpc) is 3.67. The molecule has 1 saturated heterocycles. The van der Waals surface area contributed by atoms with Gasteiger partial charge in [0.05, 0.1) is 18.6 Å². The zero-order chi connectivity index (χ0) is 43.9. The number of hydrogen-bond acceptors (Lipinski definition) is 10.